The summed E-state index contributed by atoms with van der Waals surface area (Å²) in [6.07, 6.45) is 8.75. The van der Waals surface area contributed by atoms with Crippen LogP contribution in [0.1, 0.15) is 40.7 Å². The van der Waals surface area contributed by atoms with Crippen LogP contribution in [0.15, 0.2) is 76.4 Å². The molecule has 2 amide bonds. The van der Waals surface area contributed by atoms with Crippen LogP contribution in [0.2, 0.25) is 0 Å². The van der Waals surface area contributed by atoms with Crippen molar-refractivity contribution in [3.8, 4) is 6.07 Å². The Morgan fingerprint density at radius 1 is 1.28 bits per heavy atom. The molecule has 11 heteroatoms. The summed E-state index contributed by atoms with van der Waals surface area (Å²) < 4.78 is 4.94. The van der Waals surface area contributed by atoms with Gasteiger partial charge in [0.2, 0.25) is 11.6 Å². The molecule has 11 nitrogen and oxygen atoms in total. The summed E-state index contributed by atoms with van der Waals surface area (Å²) in [5.74, 6) is 7.55. The number of likely N-dealkylation sites (tertiary alicyclic amines) is 1. The standard InChI is InChI=1S/C28H28N8O3/c1-39-14-9-25(37)35-12-2-3-22(18-35)26-23-17-31-11-13-36(23,30)27(34-26)20-4-6-21(7-5-20)28(38)33-24-15-19(16-29)8-10-32-24/h4-8,10-11,13,15,17,22H,2-3,9,12,14,18,30H2,1H3/p+1. The fourth-order valence-electron chi connectivity index (χ4n) is 5.01. The van der Waals surface area contributed by atoms with Crippen LogP contribution in [0.3, 0.4) is 0 Å². The van der Waals surface area contributed by atoms with Gasteiger partial charge in [0, 0.05) is 37.9 Å². The van der Waals surface area contributed by atoms with E-state index in [0.29, 0.717) is 48.9 Å². The number of nitrogens with two attached hydrogens (primary N) is 1. The number of fused-ring (bicyclic) bond motifs is 1. The summed E-state index contributed by atoms with van der Waals surface area (Å²) in [6.45, 7) is 1.68. The number of methoxy groups -OCH3 is 1. The van der Waals surface area contributed by atoms with Gasteiger partial charge in [-0.2, -0.15) is 16.1 Å². The molecule has 39 heavy (non-hydrogen) atoms. The van der Waals surface area contributed by atoms with Gasteiger partial charge >= 0.3 is 0 Å². The first-order valence-electron chi connectivity index (χ1n) is 12.7. The number of allylic oxidation sites excluding steroid dienone is 1. The molecule has 2 aromatic rings. The SMILES string of the molecule is COCCC(=O)N1CCCC(C2=C3C=NC=C[N+]3(N)C(c3ccc(C(=O)Nc4cc(C#N)ccn4)cc3)=N2)C1. The number of hydrogen-bond donors (Lipinski definition) is 2. The highest BCUT2D eigenvalue weighted by Gasteiger charge is 2.46. The van der Waals surface area contributed by atoms with Crippen LogP contribution in [0.4, 0.5) is 5.82 Å². The molecular formula is C28H29N8O3+. The molecule has 2 unspecified atom stereocenters. The van der Waals surface area contributed by atoms with Gasteiger partial charge in [-0.15, -0.1) is 4.59 Å². The molecule has 3 aliphatic heterocycles. The summed E-state index contributed by atoms with van der Waals surface area (Å²) in [6, 6.07) is 12.1. The number of rotatable bonds is 7. The Balaban J connectivity index is 1.37. The lowest BCUT2D eigenvalue weighted by Gasteiger charge is -2.33. The highest BCUT2D eigenvalue weighted by Crippen LogP contribution is 2.37. The molecule has 1 aromatic heterocycles. The van der Waals surface area contributed by atoms with Gasteiger partial charge in [-0.05, 0) is 49.2 Å². The topological polar surface area (TPSA) is 146 Å². The first-order chi connectivity index (χ1) is 18.9. The first kappa shape index (κ1) is 26.1. The predicted molar refractivity (Wildman–Crippen MR) is 145 cm³/mol. The van der Waals surface area contributed by atoms with E-state index < -0.39 is 0 Å². The van der Waals surface area contributed by atoms with Crippen LogP contribution < -0.4 is 11.2 Å². The number of nitriles is 1. The van der Waals surface area contributed by atoms with Crippen molar-refractivity contribution in [1.82, 2.24) is 9.88 Å². The van der Waals surface area contributed by atoms with Crippen molar-refractivity contribution in [3.05, 3.63) is 83.1 Å². The van der Waals surface area contributed by atoms with Gasteiger partial charge in [-0.25, -0.2) is 4.98 Å². The molecule has 198 valence electrons. The van der Waals surface area contributed by atoms with Gasteiger partial charge in [0.05, 0.1) is 42.6 Å². The average molecular weight is 526 g/mol. The number of carbonyl (C=O) groups excluding carboxylic acids is 2. The van der Waals surface area contributed by atoms with Crippen molar-refractivity contribution in [3.63, 3.8) is 0 Å². The van der Waals surface area contributed by atoms with Crippen molar-refractivity contribution in [1.29, 1.82) is 5.26 Å². The number of benzene rings is 1. The van der Waals surface area contributed by atoms with E-state index in [9.17, 15) is 9.59 Å². The third kappa shape index (κ3) is 5.26. The average Bonchev–Trinajstić information content (AvgIpc) is 3.29. The number of anilines is 1. The minimum absolute atomic E-state index is 0.0264. The zero-order valence-electron chi connectivity index (χ0n) is 21.6. The summed E-state index contributed by atoms with van der Waals surface area (Å²) in [4.78, 5) is 40.7. The predicted octanol–water partition coefficient (Wildman–Crippen LogP) is 2.70. The number of nitrogens with zero attached hydrogens (tertiary/aromatic N) is 6. The molecule has 2 atom stereocenters. The summed E-state index contributed by atoms with van der Waals surface area (Å²) in [7, 11) is 1.59. The number of aromatic nitrogens is 1. The second kappa shape index (κ2) is 11.1. The number of ether oxygens (including phenoxy) is 1. The van der Waals surface area contributed by atoms with Gasteiger partial charge in [0.25, 0.3) is 11.7 Å². The van der Waals surface area contributed by atoms with Gasteiger partial charge in [0.1, 0.15) is 17.7 Å². The Bertz CT molecular complexity index is 1450. The number of pyridine rings is 1. The lowest BCUT2D eigenvalue weighted by molar-refractivity contribution is -0.750. The Labute approximate surface area is 226 Å². The third-order valence-corrected chi connectivity index (χ3v) is 7.04. The van der Waals surface area contributed by atoms with Crippen LogP contribution in [0.5, 0.6) is 0 Å². The maximum Gasteiger partial charge on any atom is 0.264 e. The third-order valence-electron chi connectivity index (χ3n) is 7.04. The van der Waals surface area contributed by atoms with E-state index in [0.717, 1.165) is 29.8 Å². The monoisotopic (exact) mass is 525 g/mol. The molecule has 3 aliphatic rings. The van der Waals surface area contributed by atoms with Crippen LogP contribution in [-0.4, -0.2) is 65.1 Å². The lowest BCUT2D eigenvalue weighted by atomic mass is 9.93. The molecule has 0 bridgehead atoms. The molecule has 0 aliphatic carbocycles. The summed E-state index contributed by atoms with van der Waals surface area (Å²) >= 11 is 0. The van der Waals surface area contributed by atoms with Gasteiger partial charge in [-0.3, -0.25) is 14.6 Å². The van der Waals surface area contributed by atoms with Gasteiger partial charge < -0.3 is 15.0 Å². The quantitative estimate of drug-likeness (QED) is 0.420. The second-order valence-electron chi connectivity index (χ2n) is 9.55. The smallest absolute Gasteiger partial charge is 0.264 e. The van der Waals surface area contributed by atoms with E-state index >= 15 is 0 Å². The Morgan fingerprint density at radius 2 is 2.10 bits per heavy atom. The number of amides is 2. The number of amidine groups is 1. The van der Waals surface area contributed by atoms with E-state index in [1.54, 1.807) is 56.1 Å². The minimum atomic E-state index is -0.348. The van der Waals surface area contributed by atoms with E-state index in [4.69, 9.17) is 20.8 Å². The van der Waals surface area contributed by atoms with Crippen LogP contribution >= 0.6 is 0 Å². The Hall–Kier alpha value is -4.50. The first-order valence-corrected chi connectivity index (χ1v) is 12.7. The van der Waals surface area contributed by atoms with Crippen molar-refractivity contribution < 1.29 is 18.9 Å². The van der Waals surface area contributed by atoms with E-state index in [1.807, 2.05) is 11.0 Å². The molecule has 0 radical (unpaired) electrons. The molecule has 3 N–H and O–H groups in total. The van der Waals surface area contributed by atoms with Gasteiger partial charge in [-0.1, -0.05) is 0 Å². The summed E-state index contributed by atoms with van der Waals surface area (Å²) in [5, 5.41) is 11.8. The maximum absolute atomic E-state index is 12.8. The number of aliphatic imine (C=N–C) groups is 2. The number of quaternary nitrogens is 1. The normalized spacial score (nSPS) is 21.8. The second-order valence-corrected chi connectivity index (χ2v) is 9.55. The number of hydrogen-bond acceptors (Lipinski definition) is 8. The Kier molecular flexibility index (Phi) is 7.42. The molecule has 4 heterocycles. The highest BCUT2D eigenvalue weighted by molar-refractivity contribution is 6.05. The van der Waals surface area contributed by atoms with Crippen molar-refractivity contribution in [2.75, 3.05) is 32.1 Å². The minimum Gasteiger partial charge on any atom is -0.384 e. The van der Waals surface area contributed by atoms with Crippen LogP contribution in [0.25, 0.3) is 0 Å². The summed E-state index contributed by atoms with van der Waals surface area (Å²) in [5.41, 5.74) is 3.19. The molecule has 1 aromatic carbocycles. The van der Waals surface area contributed by atoms with E-state index in [-0.39, 0.29) is 22.3 Å². The molecule has 0 spiro atoms. The van der Waals surface area contributed by atoms with Gasteiger partial charge in [0.15, 0.2) is 0 Å². The highest BCUT2D eigenvalue weighted by atomic mass is 16.5. The fraction of sp³-hybridized carbons (Fsp3) is 0.286. The lowest BCUT2D eigenvalue weighted by Crippen LogP contribution is -2.53. The fourth-order valence-corrected chi connectivity index (χ4v) is 5.01. The zero-order valence-corrected chi connectivity index (χ0v) is 21.6. The molecule has 1 fully saturated rings. The molecule has 1 saturated heterocycles. The van der Waals surface area contributed by atoms with Crippen molar-refractivity contribution in [2.45, 2.75) is 19.3 Å². The van der Waals surface area contributed by atoms with Crippen molar-refractivity contribution >= 4 is 29.7 Å². The number of nitrogens with one attached hydrogen (secondary N) is 1. The van der Waals surface area contributed by atoms with Crippen molar-refractivity contribution in [2.24, 2.45) is 21.7 Å². The van der Waals surface area contributed by atoms with E-state index in [2.05, 4.69) is 15.3 Å². The zero-order chi connectivity index (χ0) is 27.4. The maximum atomic E-state index is 12.8. The largest absolute Gasteiger partial charge is 0.384 e. The number of piperidine rings is 1. The van der Waals surface area contributed by atoms with Crippen LogP contribution in [0, 0.1) is 17.2 Å². The molecule has 0 saturated carbocycles. The number of carbonyl (C=O) groups is 2. The molecular weight excluding hydrogens is 496 g/mol. The van der Waals surface area contributed by atoms with E-state index in [1.165, 1.54) is 12.3 Å². The van der Waals surface area contributed by atoms with Crippen LogP contribution in [-0.2, 0) is 9.53 Å². The Morgan fingerprint density at radius 3 is 2.87 bits per heavy atom. The molecule has 5 rings (SSSR count).